The molecule has 2 saturated heterocycles. The van der Waals surface area contributed by atoms with Crippen molar-refractivity contribution in [2.24, 2.45) is 5.92 Å². The van der Waals surface area contributed by atoms with Gasteiger partial charge in [-0.15, -0.1) is 0 Å². The van der Waals surface area contributed by atoms with E-state index in [1.807, 2.05) is 11.0 Å². The van der Waals surface area contributed by atoms with Gasteiger partial charge in [0.1, 0.15) is 5.75 Å². The Morgan fingerprint density at radius 3 is 2.77 bits per heavy atom. The molecule has 3 aliphatic heterocycles. The van der Waals surface area contributed by atoms with Crippen LogP contribution in [0.15, 0.2) is 18.2 Å². The number of fused-ring (bicyclic) bond motifs is 2. The Bertz CT molecular complexity index is 788. The highest BCUT2D eigenvalue weighted by atomic mass is 16.5. The van der Waals surface area contributed by atoms with Gasteiger partial charge in [0, 0.05) is 39.7 Å². The summed E-state index contributed by atoms with van der Waals surface area (Å²) in [6.45, 7) is 3.63. The van der Waals surface area contributed by atoms with E-state index in [-0.39, 0.29) is 23.3 Å². The first-order chi connectivity index (χ1) is 14.6. The third kappa shape index (κ3) is 4.05. The largest absolute Gasteiger partial charge is 0.497 e. The lowest BCUT2D eigenvalue weighted by atomic mass is 9.79. The fourth-order valence-corrected chi connectivity index (χ4v) is 5.08. The molecule has 2 fully saturated rings. The van der Waals surface area contributed by atoms with Gasteiger partial charge in [0.15, 0.2) is 0 Å². The van der Waals surface area contributed by atoms with E-state index in [9.17, 15) is 9.59 Å². The zero-order valence-corrected chi connectivity index (χ0v) is 18.0. The van der Waals surface area contributed by atoms with E-state index in [1.54, 1.807) is 19.1 Å². The Morgan fingerprint density at radius 2 is 2.03 bits per heavy atom. The fraction of sp³-hybridized carbons (Fsp3) is 0.652. The van der Waals surface area contributed by atoms with Gasteiger partial charge < -0.3 is 24.0 Å². The second kappa shape index (κ2) is 8.94. The minimum absolute atomic E-state index is 0.113. The Hall–Kier alpha value is -2.12. The Labute approximate surface area is 178 Å². The topological polar surface area (TPSA) is 68.3 Å². The van der Waals surface area contributed by atoms with Crippen LogP contribution in [0.4, 0.5) is 0 Å². The first-order valence-corrected chi connectivity index (χ1v) is 10.9. The molecule has 30 heavy (non-hydrogen) atoms. The molecule has 3 aliphatic rings. The molecule has 7 heteroatoms. The quantitative estimate of drug-likeness (QED) is 0.734. The summed E-state index contributed by atoms with van der Waals surface area (Å²) < 4.78 is 16.8. The number of benzene rings is 1. The minimum Gasteiger partial charge on any atom is -0.497 e. The van der Waals surface area contributed by atoms with Crippen LogP contribution in [0.5, 0.6) is 5.75 Å². The molecule has 3 heterocycles. The molecule has 0 N–H and O–H groups in total. The van der Waals surface area contributed by atoms with E-state index in [1.165, 1.54) is 11.1 Å². The summed E-state index contributed by atoms with van der Waals surface area (Å²) in [5, 5.41) is 0. The van der Waals surface area contributed by atoms with Crippen LogP contribution in [0.3, 0.4) is 0 Å². The smallest absolute Gasteiger partial charge is 0.227 e. The highest BCUT2D eigenvalue weighted by molar-refractivity contribution is 5.84. The molecule has 0 radical (unpaired) electrons. The van der Waals surface area contributed by atoms with Crippen LogP contribution in [0.1, 0.15) is 36.8 Å². The third-order valence-corrected chi connectivity index (χ3v) is 6.85. The first-order valence-electron chi connectivity index (χ1n) is 10.9. The number of rotatable bonds is 5. The molecule has 0 saturated carbocycles. The van der Waals surface area contributed by atoms with Gasteiger partial charge in [-0.3, -0.25) is 9.59 Å². The number of nitrogens with zero attached hydrogens (tertiary/aromatic N) is 2. The molecular weight excluding hydrogens is 384 g/mol. The van der Waals surface area contributed by atoms with Crippen molar-refractivity contribution in [3.05, 3.63) is 29.3 Å². The van der Waals surface area contributed by atoms with Gasteiger partial charge in [0.25, 0.3) is 0 Å². The van der Waals surface area contributed by atoms with E-state index >= 15 is 0 Å². The molecule has 7 nitrogen and oxygen atoms in total. The highest BCUT2D eigenvalue weighted by Crippen LogP contribution is 2.42. The maximum absolute atomic E-state index is 13.2. The van der Waals surface area contributed by atoms with Gasteiger partial charge in [-0.1, -0.05) is 6.07 Å². The van der Waals surface area contributed by atoms with E-state index in [4.69, 9.17) is 14.2 Å². The molecule has 0 aliphatic carbocycles. The first kappa shape index (κ1) is 21.1. The fourth-order valence-electron chi connectivity index (χ4n) is 5.08. The van der Waals surface area contributed by atoms with Gasteiger partial charge in [-0.2, -0.15) is 0 Å². The average molecular weight is 417 g/mol. The van der Waals surface area contributed by atoms with E-state index in [0.717, 1.165) is 25.0 Å². The second-order valence-electron chi connectivity index (χ2n) is 8.51. The zero-order chi connectivity index (χ0) is 21.1. The van der Waals surface area contributed by atoms with Gasteiger partial charge in [-0.25, -0.2) is 0 Å². The predicted molar refractivity (Wildman–Crippen MR) is 111 cm³/mol. The molecule has 2 amide bonds. The predicted octanol–water partition coefficient (Wildman–Crippen LogP) is 1.97. The molecule has 164 valence electrons. The number of amides is 2. The number of likely N-dealkylation sites (tertiary alicyclic amines) is 2. The lowest BCUT2D eigenvalue weighted by molar-refractivity contribution is -0.149. The zero-order valence-electron chi connectivity index (χ0n) is 18.0. The lowest BCUT2D eigenvalue weighted by Crippen LogP contribution is -2.52. The summed E-state index contributed by atoms with van der Waals surface area (Å²) in [7, 11) is 3.32. The summed E-state index contributed by atoms with van der Waals surface area (Å²) in [5.41, 5.74) is 2.24. The molecule has 1 unspecified atom stereocenters. The van der Waals surface area contributed by atoms with Crippen LogP contribution in [0.25, 0.3) is 0 Å². The molecule has 0 bridgehead atoms. The molecule has 1 atom stereocenters. The van der Waals surface area contributed by atoms with Crippen LogP contribution in [0.2, 0.25) is 0 Å². The molecule has 1 aromatic carbocycles. The Morgan fingerprint density at radius 1 is 1.23 bits per heavy atom. The lowest BCUT2D eigenvalue weighted by Gasteiger charge is -2.46. The van der Waals surface area contributed by atoms with Crippen LogP contribution in [-0.4, -0.2) is 75.2 Å². The minimum atomic E-state index is -0.302. The maximum atomic E-state index is 13.2. The summed E-state index contributed by atoms with van der Waals surface area (Å²) in [4.78, 5) is 29.1. The highest BCUT2D eigenvalue weighted by Gasteiger charge is 2.43. The number of hydrogen-bond acceptors (Lipinski definition) is 5. The number of methoxy groups -OCH3 is 2. The van der Waals surface area contributed by atoms with Crippen molar-refractivity contribution in [2.75, 3.05) is 53.6 Å². The Balaban J connectivity index is 1.40. The molecule has 1 aromatic rings. The van der Waals surface area contributed by atoms with Gasteiger partial charge in [-0.05, 0) is 48.9 Å². The van der Waals surface area contributed by atoms with Gasteiger partial charge in [0.2, 0.25) is 11.8 Å². The van der Waals surface area contributed by atoms with Crippen molar-refractivity contribution in [1.82, 2.24) is 9.80 Å². The molecule has 4 rings (SSSR count). The third-order valence-electron chi connectivity index (χ3n) is 6.85. The number of hydrogen-bond donors (Lipinski definition) is 0. The van der Waals surface area contributed by atoms with Crippen molar-refractivity contribution in [1.29, 1.82) is 0 Å². The van der Waals surface area contributed by atoms with Crippen molar-refractivity contribution >= 4 is 11.8 Å². The molecular formula is C23H32N2O5. The number of carbonyl (C=O) groups is 2. The van der Waals surface area contributed by atoms with Crippen molar-refractivity contribution < 1.29 is 23.8 Å². The summed E-state index contributed by atoms with van der Waals surface area (Å²) in [5.74, 6) is 1.06. The van der Waals surface area contributed by atoms with Crippen molar-refractivity contribution in [3.8, 4) is 5.75 Å². The van der Waals surface area contributed by atoms with Crippen molar-refractivity contribution in [2.45, 2.75) is 37.7 Å². The summed E-state index contributed by atoms with van der Waals surface area (Å²) >= 11 is 0. The monoisotopic (exact) mass is 416 g/mol. The SMILES string of the molecule is COCCN1CC(C(=O)N2CCC3(CC2)OCCc2cc(OC)ccc23)CCC1=O. The average Bonchev–Trinajstić information content (AvgIpc) is 2.78. The van der Waals surface area contributed by atoms with Gasteiger partial charge in [0.05, 0.1) is 31.8 Å². The molecule has 0 aromatic heterocycles. The standard InChI is InChI=1S/C23H32N2O5/c1-28-14-12-25-16-18(3-6-21(25)26)22(27)24-10-8-23(9-11-24)20-5-4-19(29-2)15-17(20)7-13-30-23/h4-5,15,18H,3,6-14,16H2,1-2H3. The second-order valence-corrected chi connectivity index (χ2v) is 8.51. The van der Waals surface area contributed by atoms with E-state index in [2.05, 4.69) is 12.1 Å². The number of piperidine rings is 2. The Kier molecular flexibility index (Phi) is 6.29. The van der Waals surface area contributed by atoms with Crippen molar-refractivity contribution in [3.63, 3.8) is 0 Å². The summed E-state index contributed by atoms with van der Waals surface area (Å²) in [6.07, 6.45) is 3.58. The maximum Gasteiger partial charge on any atom is 0.227 e. The number of ether oxygens (including phenoxy) is 3. The summed E-state index contributed by atoms with van der Waals surface area (Å²) in [6, 6.07) is 6.25. The van der Waals surface area contributed by atoms with Crippen LogP contribution in [0, 0.1) is 5.92 Å². The molecule has 1 spiro atoms. The van der Waals surface area contributed by atoms with Crippen LogP contribution < -0.4 is 4.74 Å². The normalized spacial score (nSPS) is 23.4. The van der Waals surface area contributed by atoms with E-state index < -0.39 is 0 Å². The van der Waals surface area contributed by atoms with Gasteiger partial charge >= 0.3 is 0 Å². The van der Waals surface area contributed by atoms with Crippen LogP contribution in [-0.2, 0) is 31.1 Å². The van der Waals surface area contributed by atoms with E-state index in [0.29, 0.717) is 52.2 Å². The number of carbonyl (C=O) groups excluding carboxylic acids is 2. The van der Waals surface area contributed by atoms with Crippen LogP contribution >= 0.6 is 0 Å².